The van der Waals surface area contributed by atoms with Gasteiger partial charge in [-0.25, -0.2) is 0 Å². The molecule has 2 N–H and O–H groups in total. The summed E-state index contributed by atoms with van der Waals surface area (Å²) in [5, 5.41) is 11.9. The Hall–Kier alpha value is -1.23. The summed E-state index contributed by atoms with van der Waals surface area (Å²) in [6, 6.07) is 5.11. The fraction of sp³-hybridized carbons (Fsp3) is 0.500. The molecule has 0 amide bonds. The Kier molecular flexibility index (Phi) is 4.40. The maximum atomic E-state index is 12.7. The molecule has 0 aromatic heterocycles. The van der Waals surface area contributed by atoms with Crippen LogP contribution in [0.3, 0.4) is 0 Å². The Balaban J connectivity index is 2.84. The van der Waals surface area contributed by atoms with E-state index in [9.17, 15) is 13.2 Å². The second-order valence-corrected chi connectivity index (χ2v) is 4.17. The molecule has 2 nitrogen and oxygen atoms in total. The third kappa shape index (κ3) is 4.26. The number of halogens is 3. The van der Waals surface area contributed by atoms with E-state index in [1.165, 1.54) is 12.1 Å². The topological polar surface area (TPSA) is 32.3 Å². The van der Waals surface area contributed by atoms with E-state index in [1.54, 1.807) is 19.9 Å². The number of anilines is 1. The van der Waals surface area contributed by atoms with Crippen molar-refractivity contribution in [3.63, 3.8) is 0 Å². The van der Waals surface area contributed by atoms with Crippen molar-refractivity contribution in [2.45, 2.75) is 38.6 Å². The average Bonchev–Trinajstić information content (AvgIpc) is 2.15. The van der Waals surface area contributed by atoms with E-state index >= 15 is 0 Å². The smallest absolute Gasteiger partial charge is 0.393 e. The number of hydrogen-bond donors (Lipinski definition) is 2. The van der Waals surface area contributed by atoms with Crippen molar-refractivity contribution in [2.24, 2.45) is 0 Å². The molecule has 0 fully saturated rings. The lowest BCUT2D eigenvalue weighted by atomic mass is 10.1. The zero-order valence-corrected chi connectivity index (χ0v) is 9.75. The molecule has 17 heavy (non-hydrogen) atoms. The van der Waals surface area contributed by atoms with Gasteiger partial charge in [-0.05, 0) is 32.4 Å². The van der Waals surface area contributed by atoms with Crippen molar-refractivity contribution in [1.82, 2.24) is 0 Å². The van der Waals surface area contributed by atoms with Crippen LogP contribution in [0.1, 0.15) is 25.8 Å². The molecule has 0 heterocycles. The molecule has 1 aromatic carbocycles. The van der Waals surface area contributed by atoms with Crippen LogP contribution in [-0.2, 0) is 6.18 Å². The largest absolute Gasteiger partial charge is 0.418 e. The van der Waals surface area contributed by atoms with Crippen molar-refractivity contribution in [3.8, 4) is 0 Å². The first-order valence-corrected chi connectivity index (χ1v) is 5.41. The van der Waals surface area contributed by atoms with Crippen LogP contribution in [0, 0.1) is 0 Å². The predicted octanol–water partition coefficient (Wildman–Crippen LogP) is 3.28. The fourth-order valence-corrected chi connectivity index (χ4v) is 1.69. The molecule has 2 unspecified atom stereocenters. The molecule has 0 aliphatic rings. The number of aliphatic hydroxyl groups is 1. The standard InChI is InChI=1S/C12H16F3NO/c1-8(7-9(2)17)16-11-6-4-3-5-10(11)12(13,14)15/h3-6,8-9,16-17H,7H2,1-2H3. The first-order chi connectivity index (χ1) is 7.80. The van der Waals surface area contributed by atoms with Crippen molar-refractivity contribution in [3.05, 3.63) is 29.8 Å². The lowest BCUT2D eigenvalue weighted by Crippen LogP contribution is -2.22. The second-order valence-electron chi connectivity index (χ2n) is 4.17. The quantitative estimate of drug-likeness (QED) is 0.855. The highest BCUT2D eigenvalue weighted by Crippen LogP contribution is 2.34. The van der Waals surface area contributed by atoms with Gasteiger partial charge in [-0.1, -0.05) is 12.1 Å². The van der Waals surface area contributed by atoms with Crippen LogP contribution in [-0.4, -0.2) is 17.3 Å². The predicted molar refractivity (Wildman–Crippen MR) is 60.8 cm³/mol. The number of hydrogen-bond acceptors (Lipinski definition) is 2. The number of rotatable bonds is 4. The summed E-state index contributed by atoms with van der Waals surface area (Å²) in [4.78, 5) is 0. The highest BCUT2D eigenvalue weighted by Gasteiger charge is 2.33. The Morgan fingerprint density at radius 2 is 1.82 bits per heavy atom. The van der Waals surface area contributed by atoms with Gasteiger partial charge in [0.15, 0.2) is 0 Å². The van der Waals surface area contributed by atoms with E-state index < -0.39 is 17.8 Å². The number of para-hydroxylation sites is 1. The van der Waals surface area contributed by atoms with Gasteiger partial charge in [0.25, 0.3) is 0 Å². The van der Waals surface area contributed by atoms with E-state index in [2.05, 4.69) is 5.32 Å². The summed E-state index contributed by atoms with van der Waals surface area (Å²) in [6.45, 7) is 3.34. The van der Waals surface area contributed by atoms with Crippen LogP contribution in [0.5, 0.6) is 0 Å². The second kappa shape index (κ2) is 5.40. The molecule has 2 atom stereocenters. The molecule has 0 aliphatic carbocycles. The lowest BCUT2D eigenvalue weighted by Gasteiger charge is -2.20. The Bertz CT molecular complexity index is 363. The molecule has 1 aromatic rings. The Morgan fingerprint density at radius 1 is 1.24 bits per heavy atom. The molecule has 0 bridgehead atoms. The van der Waals surface area contributed by atoms with E-state index in [-0.39, 0.29) is 11.7 Å². The van der Waals surface area contributed by atoms with Crippen LogP contribution in [0.4, 0.5) is 18.9 Å². The molecule has 96 valence electrons. The van der Waals surface area contributed by atoms with Crippen LogP contribution in [0.25, 0.3) is 0 Å². The minimum atomic E-state index is -4.37. The third-order valence-corrected chi connectivity index (χ3v) is 2.33. The van der Waals surface area contributed by atoms with E-state index in [4.69, 9.17) is 5.11 Å². The van der Waals surface area contributed by atoms with Gasteiger partial charge in [0.05, 0.1) is 11.7 Å². The summed E-state index contributed by atoms with van der Waals surface area (Å²) >= 11 is 0. The molecule has 0 saturated heterocycles. The van der Waals surface area contributed by atoms with Crippen molar-refractivity contribution in [2.75, 3.05) is 5.32 Å². The number of benzene rings is 1. The van der Waals surface area contributed by atoms with Gasteiger partial charge in [-0.15, -0.1) is 0 Å². The van der Waals surface area contributed by atoms with Crippen molar-refractivity contribution < 1.29 is 18.3 Å². The number of aliphatic hydroxyl groups excluding tert-OH is 1. The zero-order valence-electron chi connectivity index (χ0n) is 9.75. The monoisotopic (exact) mass is 247 g/mol. The normalized spacial score (nSPS) is 15.4. The van der Waals surface area contributed by atoms with Gasteiger partial charge >= 0.3 is 6.18 Å². The maximum absolute atomic E-state index is 12.7. The first-order valence-electron chi connectivity index (χ1n) is 5.41. The van der Waals surface area contributed by atoms with Gasteiger partial charge in [0.2, 0.25) is 0 Å². The van der Waals surface area contributed by atoms with Crippen molar-refractivity contribution >= 4 is 5.69 Å². The fourth-order valence-electron chi connectivity index (χ4n) is 1.69. The summed E-state index contributed by atoms with van der Waals surface area (Å²) in [5.41, 5.74) is -0.634. The average molecular weight is 247 g/mol. The minimum Gasteiger partial charge on any atom is -0.393 e. The van der Waals surface area contributed by atoms with E-state index in [0.717, 1.165) is 6.07 Å². The Morgan fingerprint density at radius 3 is 2.35 bits per heavy atom. The van der Waals surface area contributed by atoms with E-state index in [1.807, 2.05) is 0 Å². The summed E-state index contributed by atoms with van der Waals surface area (Å²) in [6.07, 6.45) is -4.52. The molecule has 0 radical (unpaired) electrons. The number of alkyl halides is 3. The highest BCUT2D eigenvalue weighted by atomic mass is 19.4. The van der Waals surface area contributed by atoms with Gasteiger partial charge in [-0.2, -0.15) is 13.2 Å². The first kappa shape index (κ1) is 13.8. The van der Waals surface area contributed by atoms with Crippen LogP contribution in [0.15, 0.2) is 24.3 Å². The van der Waals surface area contributed by atoms with Crippen LogP contribution >= 0.6 is 0 Å². The molecule has 1 rings (SSSR count). The van der Waals surface area contributed by atoms with Crippen LogP contribution in [0.2, 0.25) is 0 Å². The SMILES string of the molecule is CC(O)CC(C)Nc1ccccc1C(F)(F)F. The van der Waals surface area contributed by atoms with Gasteiger partial charge in [0.1, 0.15) is 0 Å². The molecular formula is C12H16F3NO. The highest BCUT2D eigenvalue weighted by molar-refractivity contribution is 5.53. The minimum absolute atomic E-state index is 0.0492. The zero-order chi connectivity index (χ0) is 13.1. The molecule has 0 spiro atoms. The molecule has 5 heteroatoms. The van der Waals surface area contributed by atoms with Gasteiger partial charge in [0, 0.05) is 11.7 Å². The lowest BCUT2D eigenvalue weighted by molar-refractivity contribution is -0.137. The summed E-state index contributed by atoms with van der Waals surface area (Å²) < 4.78 is 38.0. The Labute approximate surface area is 98.5 Å². The molecule has 0 aliphatic heterocycles. The van der Waals surface area contributed by atoms with Gasteiger partial charge < -0.3 is 10.4 Å². The van der Waals surface area contributed by atoms with Crippen molar-refractivity contribution in [1.29, 1.82) is 0 Å². The molecular weight excluding hydrogens is 231 g/mol. The van der Waals surface area contributed by atoms with E-state index in [0.29, 0.717) is 6.42 Å². The summed E-state index contributed by atoms with van der Waals surface area (Å²) in [7, 11) is 0. The number of nitrogens with one attached hydrogen (secondary N) is 1. The van der Waals surface area contributed by atoms with Crippen LogP contribution < -0.4 is 5.32 Å². The molecule has 0 saturated carbocycles. The summed E-state index contributed by atoms with van der Waals surface area (Å²) in [5.74, 6) is 0. The maximum Gasteiger partial charge on any atom is 0.418 e. The third-order valence-electron chi connectivity index (χ3n) is 2.33. The van der Waals surface area contributed by atoms with Gasteiger partial charge in [-0.3, -0.25) is 0 Å².